The zero-order chi connectivity index (χ0) is 9.40. The Morgan fingerprint density at radius 2 is 2.25 bits per heavy atom. The van der Waals surface area contributed by atoms with Crippen LogP contribution in [0.2, 0.25) is 0 Å². The molecule has 0 saturated carbocycles. The van der Waals surface area contributed by atoms with Gasteiger partial charge in [0.1, 0.15) is 0 Å². The topological polar surface area (TPSA) is 29.5 Å². The standard InChI is InChI=1S/C8H16BrNO2/c1-3-10(6-7-12-2)8(11)4-5-9/h3-7H2,1-2H3. The number of carbonyl (C=O) groups is 1. The molecule has 0 heterocycles. The number of carbonyl (C=O) groups excluding carboxylic acids is 1. The van der Waals surface area contributed by atoms with Crippen LogP contribution in [-0.4, -0.2) is 42.9 Å². The monoisotopic (exact) mass is 237 g/mol. The van der Waals surface area contributed by atoms with Crippen molar-refractivity contribution < 1.29 is 9.53 Å². The van der Waals surface area contributed by atoms with E-state index in [-0.39, 0.29) is 5.91 Å². The van der Waals surface area contributed by atoms with Crippen molar-refractivity contribution in [3.05, 3.63) is 0 Å². The molecule has 3 nitrogen and oxygen atoms in total. The van der Waals surface area contributed by atoms with E-state index in [9.17, 15) is 4.79 Å². The third-order valence-corrected chi connectivity index (χ3v) is 2.00. The number of likely N-dealkylation sites (N-methyl/N-ethyl adjacent to an activating group) is 1. The highest BCUT2D eigenvalue weighted by atomic mass is 79.9. The quantitative estimate of drug-likeness (QED) is 0.652. The number of hydrogen-bond donors (Lipinski definition) is 0. The Balaban J connectivity index is 3.71. The first-order valence-electron chi connectivity index (χ1n) is 4.09. The van der Waals surface area contributed by atoms with E-state index >= 15 is 0 Å². The molecule has 0 bridgehead atoms. The molecular formula is C8H16BrNO2. The van der Waals surface area contributed by atoms with Gasteiger partial charge >= 0.3 is 0 Å². The van der Waals surface area contributed by atoms with E-state index in [0.29, 0.717) is 19.6 Å². The highest BCUT2D eigenvalue weighted by molar-refractivity contribution is 9.09. The molecule has 4 heteroatoms. The summed E-state index contributed by atoms with van der Waals surface area (Å²) < 4.78 is 4.90. The summed E-state index contributed by atoms with van der Waals surface area (Å²) in [6.45, 7) is 4.04. The average molecular weight is 238 g/mol. The molecule has 1 amide bonds. The van der Waals surface area contributed by atoms with Crippen LogP contribution in [-0.2, 0) is 9.53 Å². The lowest BCUT2D eigenvalue weighted by atomic mass is 10.4. The fourth-order valence-corrected chi connectivity index (χ4v) is 1.24. The lowest BCUT2D eigenvalue weighted by molar-refractivity contribution is -0.131. The average Bonchev–Trinajstić information content (AvgIpc) is 2.06. The van der Waals surface area contributed by atoms with Crippen LogP contribution in [0.25, 0.3) is 0 Å². The highest BCUT2D eigenvalue weighted by Crippen LogP contribution is 1.96. The molecule has 0 radical (unpaired) electrons. The van der Waals surface area contributed by atoms with E-state index < -0.39 is 0 Å². The minimum absolute atomic E-state index is 0.187. The molecule has 0 fully saturated rings. The molecule has 0 aliphatic carbocycles. The maximum atomic E-state index is 11.3. The molecule has 0 N–H and O–H groups in total. The smallest absolute Gasteiger partial charge is 0.223 e. The van der Waals surface area contributed by atoms with E-state index in [4.69, 9.17) is 4.74 Å². The summed E-state index contributed by atoms with van der Waals surface area (Å²) in [5.74, 6) is 0.187. The highest BCUT2D eigenvalue weighted by Gasteiger charge is 2.09. The molecule has 0 unspecified atom stereocenters. The summed E-state index contributed by atoms with van der Waals surface area (Å²) in [6.07, 6.45) is 0.567. The number of halogens is 1. The van der Waals surface area contributed by atoms with Gasteiger partial charge in [0.05, 0.1) is 6.61 Å². The first-order valence-corrected chi connectivity index (χ1v) is 5.21. The summed E-state index contributed by atoms with van der Waals surface area (Å²) in [6, 6.07) is 0. The van der Waals surface area contributed by atoms with Crippen molar-refractivity contribution in [2.45, 2.75) is 13.3 Å². The predicted molar refractivity (Wildman–Crippen MR) is 52.5 cm³/mol. The lowest BCUT2D eigenvalue weighted by Crippen LogP contribution is -2.33. The Morgan fingerprint density at radius 1 is 1.58 bits per heavy atom. The van der Waals surface area contributed by atoms with Gasteiger partial charge in [-0.2, -0.15) is 0 Å². The Morgan fingerprint density at radius 3 is 2.67 bits per heavy atom. The van der Waals surface area contributed by atoms with E-state index in [1.54, 1.807) is 12.0 Å². The van der Waals surface area contributed by atoms with Crippen molar-refractivity contribution in [1.29, 1.82) is 0 Å². The van der Waals surface area contributed by atoms with E-state index in [0.717, 1.165) is 11.9 Å². The van der Waals surface area contributed by atoms with Crippen molar-refractivity contribution in [3.63, 3.8) is 0 Å². The van der Waals surface area contributed by atoms with Crippen molar-refractivity contribution in [2.75, 3.05) is 32.1 Å². The summed E-state index contributed by atoms with van der Waals surface area (Å²) >= 11 is 3.24. The molecule has 0 spiro atoms. The van der Waals surface area contributed by atoms with Crippen LogP contribution in [0.5, 0.6) is 0 Å². The normalized spacial score (nSPS) is 9.92. The van der Waals surface area contributed by atoms with Gasteiger partial charge in [-0.15, -0.1) is 0 Å². The number of ether oxygens (including phenoxy) is 1. The van der Waals surface area contributed by atoms with Gasteiger partial charge in [0.2, 0.25) is 5.91 Å². The van der Waals surface area contributed by atoms with Crippen molar-refractivity contribution >= 4 is 21.8 Å². The maximum absolute atomic E-state index is 11.3. The second-order valence-corrected chi connectivity index (χ2v) is 3.20. The number of alkyl halides is 1. The van der Waals surface area contributed by atoms with Crippen LogP contribution in [0.1, 0.15) is 13.3 Å². The van der Waals surface area contributed by atoms with Gasteiger partial charge in [0, 0.05) is 32.0 Å². The van der Waals surface area contributed by atoms with Crippen molar-refractivity contribution in [2.24, 2.45) is 0 Å². The first-order chi connectivity index (χ1) is 5.76. The number of rotatable bonds is 6. The van der Waals surface area contributed by atoms with Gasteiger partial charge in [-0.3, -0.25) is 4.79 Å². The molecule has 0 atom stereocenters. The van der Waals surface area contributed by atoms with Crippen LogP contribution < -0.4 is 0 Å². The lowest BCUT2D eigenvalue weighted by Gasteiger charge is -2.19. The second-order valence-electron chi connectivity index (χ2n) is 2.41. The molecule has 0 aromatic carbocycles. The van der Waals surface area contributed by atoms with Gasteiger partial charge in [-0.25, -0.2) is 0 Å². The Hall–Kier alpha value is -0.0900. The van der Waals surface area contributed by atoms with E-state index in [1.165, 1.54) is 0 Å². The Labute approximate surface area is 82.2 Å². The van der Waals surface area contributed by atoms with Crippen molar-refractivity contribution in [3.8, 4) is 0 Å². The predicted octanol–water partition coefficient (Wildman–Crippen LogP) is 1.27. The summed E-state index contributed by atoms with van der Waals surface area (Å²) in [4.78, 5) is 13.1. The van der Waals surface area contributed by atoms with Crippen molar-refractivity contribution in [1.82, 2.24) is 4.90 Å². The molecule has 12 heavy (non-hydrogen) atoms. The van der Waals surface area contributed by atoms with Crippen LogP contribution >= 0.6 is 15.9 Å². The molecule has 0 aliphatic heterocycles. The largest absolute Gasteiger partial charge is 0.383 e. The maximum Gasteiger partial charge on any atom is 0.223 e. The molecule has 0 aliphatic rings. The van der Waals surface area contributed by atoms with E-state index in [1.807, 2.05) is 6.92 Å². The van der Waals surface area contributed by atoms with Crippen LogP contribution in [0.15, 0.2) is 0 Å². The van der Waals surface area contributed by atoms with Crippen LogP contribution in [0, 0.1) is 0 Å². The third-order valence-electron chi connectivity index (χ3n) is 1.61. The molecule has 0 rings (SSSR count). The zero-order valence-corrected chi connectivity index (χ0v) is 9.26. The summed E-state index contributed by atoms with van der Waals surface area (Å²) in [5, 5.41) is 0.731. The van der Waals surface area contributed by atoms with E-state index in [2.05, 4.69) is 15.9 Å². The SMILES string of the molecule is CCN(CCOC)C(=O)CCBr. The molecule has 72 valence electrons. The summed E-state index contributed by atoms with van der Waals surface area (Å²) in [7, 11) is 1.64. The zero-order valence-electron chi connectivity index (χ0n) is 7.68. The second kappa shape index (κ2) is 7.55. The minimum Gasteiger partial charge on any atom is -0.383 e. The van der Waals surface area contributed by atoms with Gasteiger partial charge in [0.15, 0.2) is 0 Å². The van der Waals surface area contributed by atoms with Crippen LogP contribution in [0.3, 0.4) is 0 Å². The molecule has 0 saturated heterocycles. The van der Waals surface area contributed by atoms with Crippen LogP contribution in [0.4, 0.5) is 0 Å². The minimum atomic E-state index is 0.187. The van der Waals surface area contributed by atoms with Gasteiger partial charge < -0.3 is 9.64 Å². The number of nitrogens with zero attached hydrogens (tertiary/aromatic N) is 1. The van der Waals surface area contributed by atoms with Gasteiger partial charge in [-0.05, 0) is 6.92 Å². The molecular weight excluding hydrogens is 222 g/mol. The fraction of sp³-hybridized carbons (Fsp3) is 0.875. The summed E-state index contributed by atoms with van der Waals surface area (Å²) in [5.41, 5.74) is 0. The number of amides is 1. The Bertz CT molecular complexity index is 130. The Kier molecular flexibility index (Phi) is 7.50. The molecule has 0 aromatic rings. The first kappa shape index (κ1) is 11.9. The number of methoxy groups -OCH3 is 1. The van der Waals surface area contributed by atoms with Gasteiger partial charge in [0.25, 0.3) is 0 Å². The fourth-order valence-electron chi connectivity index (χ4n) is 0.900. The van der Waals surface area contributed by atoms with Gasteiger partial charge in [-0.1, -0.05) is 15.9 Å². The third kappa shape index (κ3) is 4.72. The molecule has 0 aromatic heterocycles. The number of hydrogen-bond acceptors (Lipinski definition) is 2.